The van der Waals surface area contributed by atoms with Crippen molar-refractivity contribution in [3.63, 3.8) is 0 Å². The van der Waals surface area contributed by atoms with Crippen LogP contribution in [-0.2, 0) is 9.09 Å². The van der Waals surface area contributed by atoms with Crippen LogP contribution in [0.3, 0.4) is 0 Å². The van der Waals surface area contributed by atoms with Crippen molar-refractivity contribution in [2.24, 2.45) is 0 Å². The molecule has 60 valence electrons. The lowest BCUT2D eigenvalue weighted by Gasteiger charge is -1.89. The first-order valence-corrected chi connectivity index (χ1v) is 3.41. The maximum absolute atomic E-state index is 10.2. The molecule has 0 aromatic heterocycles. The Morgan fingerprint density at radius 2 is 2.30 bits per heavy atom. The maximum atomic E-state index is 10.2. The summed E-state index contributed by atoms with van der Waals surface area (Å²) in [7, 11) is -2.81. The molecule has 0 aromatic carbocycles. The summed E-state index contributed by atoms with van der Waals surface area (Å²) in [5.74, 6) is 0. The van der Waals surface area contributed by atoms with Crippen LogP contribution < -0.4 is 11.5 Å². The summed E-state index contributed by atoms with van der Waals surface area (Å²) >= 11 is 0. The molecule has 1 amide bonds. The molecule has 0 aliphatic rings. The van der Waals surface area contributed by atoms with Gasteiger partial charge in [0, 0.05) is 11.1 Å². The van der Waals surface area contributed by atoms with Gasteiger partial charge in [-0.25, -0.2) is 4.79 Å². The fraction of sp³-hybridized carbons (Fsp3) is 0.667. The van der Waals surface area contributed by atoms with Gasteiger partial charge in [0.05, 0.1) is 0 Å². The number of hydrogen-bond donors (Lipinski definition) is 3. The Morgan fingerprint density at radius 3 is 2.60 bits per heavy atom. The van der Waals surface area contributed by atoms with E-state index in [9.17, 15) is 9.36 Å². The summed E-state index contributed by atoms with van der Waals surface area (Å²) in [6.45, 7) is 2.05. The van der Waals surface area contributed by atoms with Crippen LogP contribution in [0.4, 0.5) is 4.79 Å². The van der Waals surface area contributed by atoms with Gasteiger partial charge in [-0.1, -0.05) is 0 Å². The van der Waals surface area contributed by atoms with Crippen LogP contribution in [-0.4, -0.2) is 17.5 Å². The zero-order valence-corrected chi connectivity index (χ0v) is 6.43. The molecule has 0 aliphatic carbocycles. The van der Waals surface area contributed by atoms with Gasteiger partial charge in [-0.15, -0.1) is 4.89 Å². The third kappa shape index (κ3) is 7.29. The topological polar surface area (TPSA) is 111 Å². The smallest absolute Gasteiger partial charge is 0.344 e. The molecule has 6 nitrogen and oxygen atoms in total. The van der Waals surface area contributed by atoms with Gasteiger partial charge in [-0.2, -0.15) is 4.52 Å². The summed E-state index contributed by atoms with van der Waals surface area (Å²) in [5.41, 5.74) is 0. The van der Waals surface area contributed by atoms with Crippen molar-refractivity contribution < 1.29 is 18.8 Å². The van der Waals surface area contributed by atoms with Crippen molar-refractivity contribution in [1.82, 2.24) is 11.5 Å². The second-order valence-electron chi connectivity index (χ2n) is 1.15. The molecule has 5 N–H and O–H groups in total. The van der Waals surface area contributed by atoms with Crippen LogP contribution in [0.25, 0.3) is 0 Å². The van der Waals surface area contributed by atoms with Gasteiger partial charge >= 0.3 is 14.3 Å². The number of amides is 1. The average molecular weight is 169 g/mol. The minimum atomic E-state index is -2.81. The molecular formula is C3H10N2O4P+. The molecule has 0 fully saturated rings. The quantitative estimate of drug-likeness (QED) is 0.522. The first-order chi connectivity index (χ1) is 4.16. The first kappa shape index (κ1) is 12.0. The summed E-state index contributed by atoms with van der Waals surface area (Å²) in [4.78, 5) is 18.2. The number of rotatable bonds is 2. The van der Waals surface area contributed by atoms with Gasteiger partial charge in [0.15, 0.2) is 0 Å². The Hall–Kier alpha value is -0.710. The van der Waals surface area contributed by atoms with E-state index in [0.29, 0.717) is 6.54 Å². The van der Waals surface area contributed by atoms with Crippen molar-refractivity contribution >= 4 is 14.3 Å². The van der Waals surface area contributed by atoms with Gasteiger partial charge in [-0.05, 0) is 6.92 Å². The summed E-state index contributed by atoms with van der Waals surface area (Å²) < 4.78 is 13.6. The van der Waals surface area contributed by atoms with E-state index < -0.39 is 14.3 Å². The highest BCUT2D eigenvalue weighted by Gasteiger charge is 2.18. The van der Waals surface area contributed by atoms with Gasteiger partial charge in [0.1, 0.15) is 0 Å². The van der Waals surface area contributed by atoms with Crippen molar-refractivity contribution in [1.29, 1.82) is 0 Å². The lowest BCUT2D eigenvalue weighted by Crippen LogP contribution is -2.21. The molecular weight excluding hydrogens is 159 g/mol. The molecule has 0 heterocycles. The van der Waals surface area contributed by atoms with Crippen LogP contribution >= 0.6 is 8.25 Å². The van der Waals surface area contributed by atoms with E-state index in [4.69, 9.17) is 4.89 Å². The predicted octanol–water partition coefficient (Wildman–Crippen LogP) is 0.544. The van der Waals surface area contributed by atoms with Gasteiger partial charge in [0.2, 0.25) is 0 Å². The maximum Gasteiger partial charge on any atom is 0.752 e. The molecule has 0 aliphatic heterocycles. The zero-order valence-electron chi connectivity index (χ0n) is 5.53. The van der Waals surface area contributed by atoms with E-state index in [1.807, 2.05) is 0 Å². The Morgan fingerprint density at radius 1 is 1.80 bits per heavy atom. The molecule has 0 saturated carbocycles. The Labute approximate surface area is 59.1 Å². The van der Waals surface area contributed by atoms with Crippen LogP contribution in [0.15, 0.2) is 0 Å². The van der Waals surface area contributed by atoms with E-state index in [-0.39, 0.29) is 6.15 Å². The second-order valence-corrected chi connectivity index (χ2v) is 1.81. The molecule has 0 bridgehead atoms. The molecule has 10 heavy (non-hydrogen) atoms. The second kappa shape index (κ2) is 6.41. The highest BCUT2D eigenvalue weighted by Crippen LogP contribution is 2.13. The van der Waals surface area contributed by atoms with Gasteiger partial charge in [-0.3, -0.25) is 0 Å². The summed E-state index contributed by atoms with van der Waals surface area (Å²) in [6.07, 6.45) is -0.874. The van der Waals surface area contributed by atoms with E-state index in [2.05, 4.69) is 9.84 Å². The van der Waals surface area contributed by atoms with Crippen molar-refractivity contribution in [3.05, 3.63) is 0 Å². The number of carbonyl (C=O) groups excluding carboxylic acids is 1. The third-order valence-electron chi connectivity index (χ3n) is 0.482. The highest BCUT2D eigenvalue weighted by molar-refractivity contribution is 7.32. The molecule has 0 saturated heterocycles. The first-order valence-electron chi connectivity index (χ1n) is 2.28. The number of carbonyl (C=O) groups is 1. The molecule has 0 radical (unpaired) electrons. The molecule has 1 atom stereocenters. The zero-order chi connectivity index (χ0) is 7.28. The number of nitrogens with one attached hydrogen (secondary N) is 1. The number of hydrogen-bond acceptors (Lipinski definition) is 4. The third-order valence-corrected chi connectivity index (χ3v) is 0.804. The minimum absolute atomic E-state index is 0. The van der Waals surface area contributed by atoms with E-state index in [1.54, 1.807) is 6.92 Å². The lowest BCUT2D eigenvalue weighted by atomic mass is 10.8. The summed E-state index contributed by atoms with van der Waals surface area (Å²) in [6, 6.07) is 0. The average Bonchev–Trinajstić information content (AvgIpc) is 1.63. The lowest BCUT2D eigenvalue weighted by molar-refractivity contribution is 0.198. The monoisotopic (exact) mass is 169 g/mol. The van der Waals surface area contributed by atoms with E-state index in [1.165, 1.54) is 0 Å². The standard InChI is InChI=1S/C3H6NO4P.H3N/c1-2-4-3(5)8-9(6)7;/h2H2,1H3,(H-,4,5,6,7);1H3/p+1. The molecule has 0 aromatic rings. The molecule has 1 unspecified atom stereocenters. The van der Waals surface area contributed by atoms with E-state index >= 15 is 0 Å². The van der Waals surface area contributed by atoms with E-state index in [0.717, 1.165) is 0 Å². The largest absolute Gasteiger partial charge is 0.752 e. The fourth-order valence-corrected chi connectivity index (χ4v) is 0.454. The van der Waals surface area contributed by atoms with Gasteiger partial charge < -0.3 is 11.5 Å². The molecule has 0 rings (SSSR count). The normalized spacial score (nSPS) is 9.20. The summed E-state index contributed by atoms with van der Waals surface area (Å²) in [5, 5.41) is 2.17. The van der Waals surface area contributed by atoms with Crippen molar-refractivity contribution in [2.45, 2.75) is 6.92 Å². The van der Waals surface area contributed by atoms with Crippen LogP contribution in [0.2, 0.25) is 0 Å². The van der Waals surface area contributed by atoms with Crippen LogP contribution in [0, 0.1) is 0 Å². The van der Waals surface area contributed by atoms with Gasteiger partial charge in [0.25, 0.3) is 0 Å². The Kier molecular flexibility index (Phi) is 7.70. The Bertz CT molecular complexity index is 128. The van der Waals surface area contributed by atoms with Crippen LogP contribution in [0.1, 0.15) is 6.92 Å². The molecule has 0 spiro atoms. The highest BCUT2D eigenvalue weighted by atomic mass is 31.1. The fourth-order valence-electron chi connectivity index (χ4n) is 0.248. The Balaban J connectivity index is 0. The minimum Gasteiger partial charge on any atom is -0.344 e. The van der Waals surface area contributed by atoms with Crippen molar-refractivity contribution in [2.75, 3.05) is 6.54 Å². The van der Waals surface area contributed by atoms with Crippen molar-refractivity contribution in [3.8, 4) is 0 Å². The molecule has 7 heteroatoms. The van der Waals surface area contributed by atoms with Crippen LogP contribution in [0.5, 0.6) is 0 Å². The SMILES string of the molecule is CCNC(=O)O[P+](=O)O.N. The predicted molar refractivity (Wildman–Crippen MR) is 35.0 cm³/mol.